The second-order valence-electron chi connectivity index (χ2n) is 21.2. The number of hydrogen-bond donors (Lipinski definition) is 3. The molecule has 12 heteroatoms. The number of benzene rings is 2. The number of aryl methyl sites for hydroxylation is 2. The van der Waals surface area contributed by atoms with Gasteiger partial charge in [0.25, 0.3) is 0 Å². The Bertz CT molecular complexity index is 2320. The molecule has 0 spiro atoms. The number of carbonyl (C=O) groups is 3. The fourth-order valence-electron chi connectivity index (χ4n) is 8.42. The first-order chi connectivity index (χ1) is 38.3. The number of allylic oxidation sites excluding steroid dienone is 3. The van der Waals surface area contributed by atoms with Gasteiger partial charge in [-0.25, -0.2) is 4.39 Å². The average molecular weight is 1170 g/mol. The van der Waals surface area contributed by atoms with E-state index in [9.17, 15) is 18.8 Å². The van der Waals surface area contributed by atoms with Crippen molar-refractivity contribution in [2.45, 2.75) is 233 Å². The van der Waals surface area contributed by atoms with E-state index in [0.29, 0.717) is 11.3 Å². The quantitative estimate of drug-likeness (QED) is 0.0330. The Balaban J connectivity index is -0.000000583. The maximum atomic E-state index is 14.5. The fourth-order valence-corrected chi connectivity index (χ4v) is 8.42. The zero-order valence-corrected chi connectivity index (χ0v) is 59.6. The molecule has 2 heterocycles. The van der Waals surface area contributed by atoms with Crippen LogP contribution in [0.15, 0.2) is 107 Å². The molecule has 3 unspecified atom stereocenters. The predicted molar refractivity (Wildman–Crippen MR) is 353 cm³/mol. The van der Waals surface area contributed by atoms with Gasteiger partial charge in [0.1, 0.15) is 0 Å². The van der Waals surface area contributed by atoms with Gasteiger partial charge in [-0.05, 0) is 131 Å². The summed E-state index contributed by atoms with van der Waals surface area (Å²) in [5, 5.41) is 2.97. The van der Waals surface area contributed by atoms with E-state index in [1.165, 1.54) is 92.4 Å². The predicted octanol–water partition coefficient (Wildman–Crippen LogP) is 14.5. The molecule has 82 heavy (non-hydrogen) atoms. The Morgan fingerprint density at radius 3 is 1.90 bits per heavy atom. The molecule has 4 rings (SSSR count). The third-order valence-electron chi connectivity index (χ3n) is 14.3. The Morgan fingerprint density at radius 2 is 1.49 bits per heavy atom. The van der Waals surface area contributed by atoms with Crippen LogP contribution in [0.2, 0.25) is 0 Å². The molecular weight excluding hydrogens is 1050 g/mol. The van der Waals surface area contributed by atoms with Crippen molar-refractivity contribution in [1.82, 2.24) is 10.2 Å². The van der Waals surface area contributed by atoms with Gasteiger partial charge in [-0.2, -0.15) is 6.42 Å². The maximum Gasteiger partial charge on any atom is 1.00 e. The molecule has 0 saturated carbocycles. The molecule has 460 valence electrons. The standard InChI is InChI=1S/C32H43FN4O2.C16H21N2O2.C9H20.C5H12.C4H10.2C2H6.K/c1-21(17-23(3)32(11-14-35-7)36-20-30(33)31(34)19-24(4)39-8)25(5)37-15-12-27(13-16-37)29-10-9-28(26(6)38)18-22(29)2;1-5-10-7-8-13-11(9-10)16(3,4)15(20)18(13)12(6-2)14(17)19;1-4-7-9(6-3)8-5-2;1-4-5(2)3;1-3-4-2;2*1-2;/h9-12,14,17-20,24-25,36H,3,13,15-16,34H2,1-2,4-8H3;7-9,12H,2,5-6H2,1,3-4H3,(H2,17,19);9H,4-8H2,1-3H3;5H,4H2,1-3H3;3-4H2,1-2H3;2*1-2H3;/q;-1;;;;;;+1/b21-17+,30-20+,31-19+,32-11+,35-14?;;;;;;;. The number of carbonyl (C=O) groups excluding carboxylic acids is 3. The number of anilines is 1. The minimum Gasteiger partial charge on any atom is -0.396 e. The Hall–Kier alpha value is -3.75. The molecular formula is C70H118FKN6O4. The van der Waals surface area contributed by atoms with Gasteiger partial charge in [-0.3, -0.25) is 24.3 Å². The molecule has 2 aliphatic heterocycles. The van der Waals surface area contributed by atoms with Crippen LogP contribution in [0.5, 0.6) is 0 Å². The Morgan fingerprint density at radius 1 is 0.915 bits per heavy atom. The fraction of sp³-hybridized carbons (Fsp3) is 0.586. The van der Waals surface area contributed by atoms with E-state index in [-0.39, 0.29) is 87.3 Å². The third-order valence-corrected chi connectivity index (χ3v) is 14.3. The van der Waals surface area contributed by atoms with Crippen molar-refractivity contribution in [2.24, 2.45) is 28.3 Å². The summed E-state index contributed by atoms with van der Waals surface area (Å²) in [6.07, 6.45) is 23.1. The zero-order chi connectivity index (χ0) is 63.0. The first-order valence-electron chi connectivity index (χ1n) is 30.6. The molecule has 2 aliphatic rings. The van der Waals surface area contributed by atoms with E-state index in [2.05, 4.69) is 124 Å². The number of hydrogen-bond acceptors (Lipinski definition) is 8. The summed E-state index contributed by atoms with van der Waals surface area (Å²) < 4.78 is 19.6. The second kappa shape index (κ2) is 48.5. The number of primary amides is 1. The number of ether oxygens (including phenoxy) is 1. The number of halogens is 1. The number of aliphatic imine (C=N–C) groups is 1. The monoisotopic (exact) mass is 1160 g/mol. The number of amides is 2. The topological polar surface area (TPSA) is 143 Å². The normalized spacial score (nSPS) is 15.1. The minimum atomic E-state index is -0.685. The smallest absolute Gasteiger partial charge is 0.396 e. The number of unbranched alkanes of at least 4 members (excludes halogenated alkanes) is 1. The number of Topliss-reactive ketones (excluding diaryl/α,β-unsaturated/α-hetero) is 1. The summed E-state index contributed by atoms with van der Waals surface area (Å²) in [6.45, 7) is 51.1. The minimum absolute atomic E-state index is 0. The van der Waals surface area contributed by atoms with Crippen LogP contribution in [0.25, 0.3) is 5.57 Å². The van der Waals surface area contributed by atoms with Crippen molar-refractivity contribution in [3.8, 4) is 0 Å². The van der Waals surface area contributed by atoms with Gasteiger partial charge in [0.2, 0.25) is 11.8 Å². The molecule has 0 bridgehead atoms. The van der Waals surface area contributed by atoms with Crippen molar-refractivity contribution < 1.29 is 74.9 Å². The van der Waals surface area contributed by atoms with Crippen LogP contribution in [-0.2, 0) is 26.2 Å². The van der Waals surface area contributed by atoms with E-state index >= 15 is 0 Å². The first kappa shape index (κ1) is 84.7. The van der Waals surface area contributed by atoms with E-state index < -0.39 is 23.2 Å². The van der Waals surface area contributed by atoms with Crippen LogP contribution in [0.3, 0.4) is 0 Å². The molecule has 10 nitrogen and oxygen atoms in total. The van der Waals surface area contributed by atoms with Crippen molar-refractivity contribution >= 4 is 35.1 Å². The van der Waals surface area contributed by atoms with Crippen LogP contribution in [0.1, 0.15) is 228 Å². The molecule has 3 atom stereocenters. The number of nitrogens with one attached hydrogen (secondary N) is 1. The van der Waals surface area contributed by atoms with Gasteiger partial charge in [-0.15, -0.1) is 0 Å². The molecule has 0 saturated heterocycles. The van der Waals surface area contributed by atoms with E-state index in [4.69, 9.17) is 16.2 Å². The van der Waals surface area contributed by atoms with Crippen molar-refractivity contribution in [3.63, 3.8) is 0 Å². The summed E-state index contributed by atoms with van der Waals surface area (Å²) in [5.41, 5.74) is 20.4. The van der Waals surface area contributed by atoms with Crippen LogP contribution in [0.4, 0.5) is 10.1 Å². The van der Waals surface area contributed by atoms with E-state index in [0.717, 1.165) is 65.7 Å². The number of methoxy groups -OCH3 is 1. The molecule has 0 aromatic heterocycles. The Labute approximate surface area is 545 Å². The Kier molecular flexibility index (Phi) is 50.1. The zero-order valence-electron chi connectivity index (χ0n) is 56.4. The van der Waals surface area contributed by atoms with Crippen LogP contribution in [0, 0.1) is 25.7 Å². The molecule has 2 aromatic rings. The molecule has 2 aromatic carbocycles. The summed E-state index contributed by atoms with van der Waals surface area (Å²) in [5.74, 6) is 0.780. The number of ketones is 1. The third kappa shape index (κ3) is 30.9. The van der Waals surface area contributed by atoms with Gasteiger partial charge in [-0.1, -0.05) is 190 Å². The SMILES string of the molecule is C=C(/C=C(\C)C(C)N1CC=C(c2ccc(C(C)=O)cc2C)CC1)/C(=C\C=NC)N/C=C(F)\C(N)=C/C(C)OC.CC.CC.CCC(C)C.CCCC.CCCC(CC)CCC.[CH2-]CC(C(N)=O)N1C(=O)C(C)(C)c2cc(CC)ccc21.[K+]. The van der Waals surface area contributed by atoms with Gasteiger partial charge in [0.15, 0.2) is 11.6 Å². The van der Waals surface area contributed by atoms with Crippen LogP contribution < -0.4 is 73.1 Å². The average Bonchev–Trinajstić information content (AvgIpc) is 3.91. The van der Waals surface area contributed by atoms with E-state index in [1.54, 1.807) is 33.2 Å². The van der Waals surface area contributed by atoms with Crippen molar-refractivity contribution in [2.75, 3.05) is 32.1 Å². The molecule has 0 fully saturated rings. The largest absolute Gasteiger partial charge is 1.00 e. The van der Waals surface area contributed by atoms with Gasteiger partial charge in [0, 0.05) is 62.7 Å². The van der Waals surface area contributed by atoms with Gasteiger partial charge < -0.3 is 33.3 Å². The summed E-state index contributed by atoms with van der Waals surface area (Å²) in [6, 6.07) is 11.4. The summed E-state index contributed by atoms with van der Waals surface area (Å²) >= 11 is 0. The first-order valence-corrected chi connectivity index (χ1v) is 30.6. The molecule has 5 N–H and O–H groups in total. The van der Waals surface area contributed by atoms with Crippen LogP contribution in [-0.4, -0.2) is 74.1 Å². The van der Waals surface area contributed by atoms with Crippen molar-refractivity contribution in [1.29, 1.82) is 0 Å². The number of nitrogens with zero attached hydrogens (tertiary/aromatic N) is 3. The molecule has 0 radical (unpaired) electrons. The number of rotatable bonds is 23. The second-order valence-corrected chi connectivity index (χ2v) is 21.2. The van der Waals surface area contributed by atoms with Crippen molar-refractivity contribution in [3.05, 3.63) is 137 Å². The number of fused-ring (bicyclic) bond motifs is 1. The number of nitrogens with two attached hydrogens (primary N) is 2. The summed E-state index contributed by atoms with van der Waals surface area (Å²) in [7, 11) is 3.20. The summed E-state index contributed by atoms with van der Waals surface area (Å²) in [4.78, 5) is 43.9. The van der Waals surface area contributed by atoms with Crippen LogP contribution >= 0.6 is 0 Å². The van der Waals surface area contributed by atoms with E-state index in [1.807, 2.05) is 78.0 Å². The molecule has 0 aliphatic carbocycles. The maximum absolute atomic E-state index is 14.5. The molecule has 2 amide bonds. The van der Waals surface area contributed by atoms with Gasteiger partial charge >= 0.3 is 51.4 Å². The van der Waals surface area contributed by atoms with Gasteiger partial charge in [0.05, 0.1) is 23.3 Å².